The van der Waals surface area contributed by atoms with Crippen LogP contribution in [-0.4, -0.2) is 28.7 Å². The molecule has 1 heterocycles. The Labute approximate surface area is 172 Å². The third-order valence-electron chi connectivity index (χ3n) is 6.66. The Balaban J connectivity index is 1.29. The van der Waals surface area contributed by atoms with Gasteiger partial charge in [0.2, 0.25) is 0 Å². The molecule has 4 rings (SSSR count). The molecule has 2 fully saturated rings. The highest BCUT2D eigenvalue weighted by molar-refractivity contribution is 5.83. The van der Waals surface area contributed by atoms with E-state index in [0.717, 1.165) is 34.1 Å². The van der Waals surface area contributed by atoms with Crippen LogP contribution in [0.3, 0.4) is 0 Å². The van der Waals surface area contributed by atoms with Crippen LogP contribution in [0.15, 0.2) is 30.5 Å². The van der Waals surface area contributed by atoms with Crippen LogP contribution in [-0.2, 0) is 11.3 Å². The summed E-state index contributed by atoms with van der Waals surface area (Å²) >= 11 is 0. The largest absolute Gasteiger partial charge is 0.490 e. The molecule has 2 aliphatic carbocycles. The smallest absolute Gasteiger partial charge is 0.304 e. The second-order valence-corrected chi connectivity index (χ2v) is 8.70. The van der Waals surface area contributed by atoms with E-state index in [0.29, 0.717) is 19.2 Å². The van der Waals surface area contributed by atoms with E-state index >= 15 is 0 Å². The summed E-state index contributed by atoms with van der Waals surface area (Å²) in [6, 6.07) is 8.30. The number of carboxylic acid groups (broad SMARTS) is 1. The minimum atomic E-state index is -0.788. The average Bonchev–Trinajstić information content (AvgIpc) is 3.26. The summed E-state index contributed by atoms with van der Waals surface area (Å²) < 4.78 is 6.31. The number of nitrogens with one attached hydrogen (secondary N) is 1. The molecule has 0 aliphatic heterocycles. The van der Waals surface area contributed by atoms with Gasteiger partial charge in [0.1, 0.15) is 5.75 Å². The fraction of sp³-hybridized carbons (Fsp3) is 0.583. The summed E-state index contributed by atoms with van der Waals surface area (Å²) in [7, 11) is 0. The summed E-state index contributed by atoms with van der Waals surface area (Å²) in [5.41, 5.74) is 0.918. The molecule has 0 unspecified atom stereocenters. The second-order valence-electron chi connectivity index (χ2n) is 8.70. The van der Waals surface area contributed by atoms with Gasteiger partial charge in [-0.15, -0.1) is 0 Å². The summed E-state index contributed by atoms with van der Waals surface area (Å²) in [5, 5.41) is 14.0. The van der Waals surface area contributed by atoms with E-state index in [1.807, 2.05) is 6.20 Å². The summed E-state index contributed by atoms with van der Waals surface area (Å²) in [5.74, 6) is 2.07. The number of hydrogen-bond donors (Lipinski definition) is 2. The number of pyridine rings is 1. The van der Waals surface area contributed by atoms with E-state index in [2.05, 4.69) is 34.6 Å². The van der Waals surface area contributed by atoms with Crippen molar-refractivity contribution < 1.29 is 14.6 Å². The van der Waals surface area contributed by atoms with Crippen LogP contribution in [0, 0.1) is 11.8 Å². The summed E-state index contributed by atoms with van der Waals surface area (Å²) in [4.78, 5) is 15.1. The van der Waals surface area contributed by atoms with Crippen molar-refractivity contribution in [2.45, 2.75) is 70.4 Å². The minimum Gasteiger partial charge on any atom is -0.490 e. The topological polar surface area (TPSA) is 71.5 Å². The molecule has 2 aliphatic rings. The zero-order valence-electron chi connectivity index (χ0n) is 17.1. The van der Waals surface area contributed by atoms with Crippen molar-refractivity contribution in [2.24, 2.45) is 11.8 Å². The Hall–Kier alpha value is -2.14. The normalized spacial score (nSPS) is 22.8. The van der Waals surface area contributed by atoms with Crippen LogP contribution in [0.25, 0.3) is 10.8 Å². The number of rotatable bonds is 8. The summed E-state index contributed by atoms with van der Waals surface area (Å²) in [6.07, 6.45) is 13.1. The molecule has 2 saturated carbocycles. The van der Waals surface area contributed by atoms with Crippen molar-refractivity contribution in [1.82, 2.24) is 10.3 Å². The molecule has 0 bridgehead atoms. The Morgan fingerprint density at radius 3 is 2.55 bits per heavy atom. The van der Waals surface area contributed by atoms with Crippen LogP contribution < -0.4 is 10.1 Å². The quantitative estimate of drug-likeness (QED) is 0.619. The number of aromatic nitrogens is 1. The number of nitrogens with zero attached hydrogens (tertiary/aromatic N) is 1. The van der Waals surface area contributed by atoms with Crippen molar-refractivity contribution in [1.29, 1.82) is 0 Å². The molecule has 5 nitrogen and oxygen atoms in total. The van der Waals surface area contributed by atoms with Gasteiger partial charge in [-0.1, -0.05) is 31.7 Å². The first-order valence-corrected chi connectivity index (χ1v) is 11.2. The lowest BCUT2D eigenvalue weighted by Crippen LogP contribution is -2.27. The lowest BCUT2D eigenvalue weighted by atomic mass is 9.78. The molecule has 0 saturated heterocycles. The van der Waals surface area contributed by atoms with Crippen molar-refractivity contribution in [2.75, 3.05) is 6.54 Å². The molecule has 1 aromatic carbocycles. The number of aliphatic carboxylic acids is 1. The third-order valence-corrected chi connectivity index (χ3v) is 6.66. The van der Waals surface area contributed by atoms with Crippen LogP contribution in [0.4, 0.5) is 0 Å². The minimum absolute atomic E-state index is 0.122. The highest BCUT2D eigenvalue weighted by Crippen LogP contribution is 2.40. The van der Waals surface area contributed by atoms with Crippen LogP contribution in [0.5, 0.6) is 5.75 Å². The van der Waals surface area contributed by atoms with Crippen LogP contribution >= 0.6 is 0 Å². The highest BCUT2D eigenvalue weighted by atomic mass is 16.5. The fourth-order valence-electron chi connectivity index (χ4n) is 5.05. The van der Waals surface area contributed by atoms with E-state index in [-0.39, 0.29) is 6.42 Å². The van der Waals surface area contributed by atoms with Gasteiger partial charge >= 0.3 is 5.97 Å². The maximum Gasteiger partial charge on any atom is 0.304 e. The van der Waals surface area contributed by atoms with Gasteiger partial charge in [0.15, 0.2) is 0 Å². The van der Waals surface area contributed by atoms with Gasteiger partial charge in [-0.2, -0.15) is 0 Å². The lowest BCUT2D eigenvalue weighted by molar-refractivity contribution is -0.136. The Kier molecular flexibility index (Phi) is 6.65. The predicted octanol–water partition coefficient (Wildman–Crippen LogP) is 4.93. The van der Waals surface area contributed by atoms with E-state index in [1.165, 1.54) is 51.4 Å². The number of hydrogen-bond acceptors (Lipinski definition) is 4. The highest BCUT2D eigenvalue weighted by Gasteiger charge is 2.30. The molecule has 29 heavy (non-hydrogen) atoms. The van der Waals surface area contributed by atoms with E-state index in [1.54, 1.807) is 0 Å². The molecule has 0 amide bonds. The van der Waals surface area contributed by atoms with Gasteiger partial charge in [0.25, 0.3) is 0 Å². The Bertz CT molecular complexity index is 824. The lowest BCUT2D eigenvalue weighted by Gasteiger charge is -2.32. The van der Waals surface area contributed by atoms with Crippen molar-refractivity contribution in [3.05, 3.63) is 36.2 Å². The molecule has 2 aromatic rings. The number of benzene rings is 1. The fourth-order valence-corrected chi connectivity index (χ4v) is 5.05. The third kappa shape index (κ3) is 5.47. The number of carbonyl (C=O) groups is 1. The van der Waals surface area contributed by atoms with Crippen LogP contribution in [0.2, 0.25) is 0 Å². The van der Waals surface area contributed by atoms with Gasteiger partial charge in [-0.05, 0) is 61.1 Å². The van der Waals surface area contributed by atoms with Crippen LogP contribution in [0.1, 0.15) is 63.5 Å². The van der Waals surface area contributed by atoms with E-state index in [9.17, 15) is 4.79 Å². The molecule has 2 N–H and O–H groups in total. The number of fused-ring (bicyclic) bond motifs is 1. The monoisotopic (exact) mass is 396 g/mol. The number of carboxylic acids is 1. The van der Waals surface area contributed by atoms with E-state index < -0.39 is 5.97 Å². The molecule has 0 radical (unpaired) electrons. The molecule has 156 valence electrons. The van der Waals surface area contributed by atoms with Gasteiger partial charge in [0.05, 0.1) is 18.2 Å². The molecule has 0 spiro atoms. The van der Waals surface area contributed by atoms with Gasteiger partial charge in [-0.3, -0.25) is 9.78 Å². The number of ether oxygens (including phenoxy) is 1. The van der Waals surface area contributed by atoms with Gasteiger partial charge < -0.3 is 15.2 Å². The molecule has 5 heteroatoms. The predicted molar refractivity (Wildman–Crippen MR) is 114 cm³/mol. The standard InChI is InChI=1S/C24H32N2O3/c27-24(28)11-12-25-16-21-13-19-7-10-23(14-20(19)15-26-21)29-22-8-5-18(6-9-22)17-3-1-2-4-17/h7,10,13-15,17-18,22,25H,1-6,8-9,11-12,16H2,(H,27,28)/t18-,22-. The first-order valence-electron chi connectivity index (χ1n) is 11.2. The van der Waals surface area contributed by atoms with Crippen molar-refractivity contribution in [3.8, 4) is 5.75 Å². The zero-order chi connectivity index (χ0) is 20.1. The van der Waals surface area contributed by atoms with Crippen molar-refractivity contribution >= 4 is 16.7 Å². The van der Waals surface area contributed by atoms with E-state index in [4.69, 9.17) is 9.84 Å². The molecule has 1 aromatic heterocycles. The maximum atomic E-state index is 10.6. The Morgan fingerprint density at radius 2 is 1.79 bits per heavy atom. The first-order chi connectivity index (χ1) is 14.2. The second kappa shape index (κ2) is 9.57. The first kappa shape index (κ1) is 20.1. The summed E-state index contributed by atoms with van der Waals surface area (Å²) in [6.45, 7) is 1.02. The Morgan fingerprint density at radius 1 is 1.03 bits per heavy atom. The van der Waals surface area contributed by atoms with Gasteiger partial charge in [-0.25, -0.2) is 0 Å². The molecule has 0 atom stereocenters. The maximum absolute atomic E-state index is 10.6. The van der Waals surface area contributed by atoms with Gasteiger partial charge in [0, 0.05) is 24.7 Å². The van der Waals surface area contributed by atoms with Crippen molar-refractivity contribution in [3.63, 3.8) is 0 Å². The SMILES string of the molecule is O=C(O)CCNCc1cc2ccc(O[C@H]3CC[C@H](C4CCCC4)CC3)cc2cn1. The molecular weight excluding hydrogens is 364 g/mol. The molecular formula is C24H32N2O3. The average molecular weight is 397 g/mol. The zero-order valence-corrected chi connectivity index (χ0v) is 17.1.